The van der Waals surface area contributed by atoms with E-state index in [4.69, 9.17) is 5.11 Å². The predicted molar refractivity (Wildman–Crippen MR) is 71.9 cm³/mol. The lowest BCUT2D eigenvalue weighted by molar-refractivity contribution is -0.140. The van der Waals surface area contributed by atoms with E-state index in [2.05, 4.69) is 10.6 Å². The standard InChI is InChI=1S/C14H22N2O4/c17-11-5-4-10(9-15-11)13(20)16-14(8-12(18)19)6-2-1-3-7-14/h10H,1-9H2,(H,15,17)(H,16,20)(H,18,19). The molecule has 0 bridgehead atoms. The van der Waals surface area contributed by atoms with E-state index in [1.54, 1.807) is 0 Å². The smallest absolute Gasteiger partial charge is 0.305 e. The molecule has 2 aliphatic rings. The highest BCUT2D eigenvalue weighted by molar-refractivity contribution is 5.84. The number of nitrogens with one attached hydrogen (secondary N) is 2. The monoisotopic (exact) mass is 282 g/mol. The number of carbonyl (C=O) groups is 3. The summed E-state index contributed by atoms with van der Waals surface area (Å²) in [4.78, 5) is 34.5. The molecule has 2 fully saturated rings. The van der Waals surface area contributed by atoms with Gasteiger partial charge < -0.3 is 15.7 Å². The first-order valence-electron chi connectivity index (χ1n) is 7.31. The van der Waals surface area contributed by atoms with Crippen molar-refractivity contribution in [3.63, 3.8) is 0 Å². The first kappa shape index (κ1) is 14.8. The van der Waals surface area contributed by atoms with Crippen molar-refractivity contribution in [1.82, 2.24) is 10.6 Å². The zero-order chi connectivity index (χ0) is 14.6. The van der Waals surface area contributed by atoms with Gasteiger partial charge in [-0.05, 0) is 19.3 Å². The predicted octanol–water partition coefficient (Wildman–Crippen LogP) is 0.806. The fourth-order valence-corrected chi connectivity index (χ4v) is 3.18. The number of amides is 2. The zero-order valence-corrected chi connectivity index (χ0v) is 11.6. The molecule has 2 amide bonds. The summed E-state index contributed by atoms with van der Waals surface area (Å²) >= 11 is 0. The van der Waals surface area contributed by atoms with Gasteiger partial charge in [0.15, 0.2) is 0 Å². The van der Waals surface area contributed by atoms with Gasteiger partial charge in [0.2, 0.25) is 11.8 Å². The Morgan fingerprint density at radius 2 is 2.00 bits per heavy atom. The molecular formula is C14H22N2O4. The van der Waals surface area contributed by atoms with Gasteiger partial charge >= 0.3 is 5.97 Å². The van der Waals surface area contributed by atoms with Gasteiger partial charge in [-0.3, -0.25) is 14.4 Å². The van der Waals surface area contributed by atoms with Crippen LogP contribution in [0.2, 0.25) is 0 Å². The second-order valence-electron chi connectivity index (χ2n) is 5.94. The lowest BCUT2D eigenvalue weighted by Crippen LogP contribution is -2.54. The Hall–Kier alpha value is -1.59. The van der Waals surface area contributed by atoms with E-state index < -0.39 is 11.5 Å². The van der Waals surface area contributed by atoms with Crippen LogP contribution in [0.3, 0.4) is 0 Å². The molecule has 1 saturated carbocycles. The Morgan fingerprint density at radius 1 is 1.30 bits per heavy atom. The highest BCUT2D eigenvalue weighted by Crippen LogP contribution is 2.31. The number of hydrogen-bond acceptors (Lipinski definition) is 3. The van der Waals surface area contributed by atoms with Crippen molar-refractivity contribution < 1.29 is 19.5 Å². The molecule has 1 heterocycles. The first-order valence-corrected chi connectivity index (χ1v) is 7.31. The third-order valence-electron chi connectivity index (χ3n) is 4.32. The van der Waals surface area contributed by atoms with Crippen LogP contribution in [-0.2, 0) is 14.4 Å². The maximum absolute atomic E-state index is 12.3. The minimum atomic E-state index is -0.871. The zero-order valence-electron chi connectivity index (χ0n) is 11.6. The molecule has 1 saturated heterocycles. The molecule has 6 heteroatoms. The van der Waals surface area contributed by atoms with Crippen LogP contribution in [-0.4, -0.2) is 35.0 Å². The van der Waals surface area contributed by atoms with Crippen molar-refractivity contribution in [3.05, 3.63) is 0 Å². The molecular weight excluding hydrogens is 260 g/mol. The molecule has 1 atom stereocenters. The molecule has 0 spiro atoms. The lowest BCUT2D eigenvalue weighted by Gasteiger charge is -2.38. The molecule has 20 heavy (non-hydrogen) atoms. The largest absolute Gasteiger partial charge is 0.481 e. The summed E-state index contributed by atoms with van der Waals surface area (Å²) in [6.45, 7) is 0.355. The van der Waals surface area contributed by atoms with Gasteiger partial charge in [-0.25, -0.2) is 0 Å². The topological polar surface area (TPSA) is 95.5 Å². The van der Waals surface area contributed by atoms with Gasteiger partial charge in [0.25, 0.3) is 0 Å². The van der Waals surface area contributed by atoms with Crippen LogP contribution >= 0.6 is 0 Å². The summed E-state index contributed by atoms with van der Waals surface area (Å²) in [5.41, 5.74) is -0.595. The van der Waals surface area contributed by atoms with Crippen LogP contribution in [0.5, 0.6) is 0 Å². The van der Waals surface area contributed by atoms with Crippen LogP contribution in [0.25, 0.3) is 0 Å². The molecule has 6 nitrogen and oxygen atoms in total. The summed E-state index contributed by atoms with van der Waals surface area (Å²) in [6, 6.07) is 0. The number of hydrogen-bond donors (Lipinski definition) is 3. The van der Waals surface area contributed by atoms with Gasteiger partial charge in [-0.15, -0.1) is 0 Å². The number of carboxylic acid groups (broad SMARTS) is 1. The van der Waals surface area contributed by atoms with Gasteiger partial charge in [0, 0.05) is 13.0 Å². The Bertz CT molecular complexity index is 392. The Labute approximate surface area is 118 Å². The Morgan fingerprint density at radius 3 is 2.55 bits per heavy atom. The van der Waals surface area contributed by atoms with E-state index in [9.17, 15) is 14.4 Å². The number of carboxylic acids is 1. The van der Waals surface area contributed by atoms with Crippen molar-refractivity contribution in [2.24, 2.45) is 5.92 Å². The molecule has 0 radical (unpaired) electrons. The first-order chi connectivity index (χ1) is 9.51. The summed E-state index contributed by atoms with van der Waals surface area (Å²) in [5, 5.41) is 14.7. The summed E-state index contributed by atoms with van der Waals surface area (Å²) in [6.07, 6.45) is 5.34. The van der Waals surface area contributed by atoms with Gasteiger partial charge in [0.05, 0.1) is 17.9 Å². The minimum Gasteiger partial charge on any atom is -0.481 e. The van der Waals surface area contributed by atoms with Gasteiger partial charge in [-0.1, -0.05) is 19.3 Å². The Kier molecular flexibility index (Phi) is 4.62. The number of aliphatic carboxylic acids is 1. The van der Waals surface area contributed by atoms with Crippen molar-refractivity contribution in [2.75, 3.05) is 6.54 Å². The molecule has 1 aliphatic carbocycles. The van der Waals surface area contributed by atoms with E-state index >= 15 is 0 Å². The van der Waals surface area contributed by atoms with Crippen LogP contribution in [0.15, 0.2) is 0 Å². The molecule has 0 aromatic rings. The van der Waals surface area contributed by atoms with Crippen LogP contribution in [0.4, 0.5) is 0 Å². The van der Waals surface area contributed by atoms with E-state index in [0.29, 0.717) is 19.4 Å². The number of carbonyl (C=O) groups excluding carboxylic acids is 2. The molecule has 1 unspecified atom stereocenters. The SMILES string of the molecule is O=C(O)CC1(NC(=O)C2CCC(=O)NC2)CCCCC1. The van der Waals surface area contributed by atoms with Crippen LogP contribution in [0, 0.1) is 5.92 Å². The molecule has 3 N–H and O–H groups in total. The molecule has 2 rings (SSSR count). The average molecular weight is 282 g/mol. The van der Waals surface area contributed by atoms with Crippen molar-refractivity contribution in [1.29, 1.82) is 0 Å². The Balaban J connectivity index is 1.98. The summed E-state index contributed by atoms with van der Waals surface area (Å²) < 4.78 is 0. The number of rotatable bonds is 4. The quantitative estimate of drug-likeness (QED) is 0.711. The molecule has 0 aromatic heterocycles. The third-order valence-corrected chi connectivity index (χ3v) is 4.32. The maximum Gasteiger partial charge on any atom is 0.305 e. The van der Waals surface area contributed by atoms with E-state index in [1.165, 1.54) is 0 Å². The van der Waals surface area contributed by atoms with E-state index in [1.807, 2.05) is 0 Å². The third kappa shape index (κ3) is 3.71. The van der Waals surface area contributed by atoms with Crippen LogP contribution in [0.1, 0.15) is 51.4 Å². The highest BCUT2D eigenvalue weighted by Gasteiger charge is 2.37. The molecule has 112 valence electrons. The van der Waals surface area contributed by atoms with Crippen molar-refractivity contribution in [2.45, 2.75) is 56.9 Å². The lowest BCUT2D eigenvalue weighted by atomic mass is 9.78. The molecule has 0 aromatic carbocycles. The fraction of sp³-hybridized carbons (Fsp3) is 0.786. The second kappa shape index (κ2) is 6.24. The van der Waals surface area contributed by atoms with Crippen molar-refractivity contribution in [3.8, 4) is 0 Å². The maximum atomic E-state index is 12.3. The van der Waals surface area contributed by atoms with Gasteiger partial charge in [0.1, 0.15) is 0 Å². The molecule has 1 aliphatic heterocycles. The average Bonchev–Trinajstić information content (AvgIpc) is 2.39. The van der Waals surface area contributed by atoms with Gasteiger partial charge in [-0.2, -0.15) is 0 Å². The van der Waals surface area contributed by atoms with Crippen LogP contribution < -0.4 is 10.6 Å². The fourth-order valence-electron chi connectivity index (χ4n) is 3.18. The highest BCUT2D eigenvalue weighted by atomic mass is 16.4. The van der Waals surface area contributed by atoms with E-state index in [0.717, 1.165) is 32.1 Å². The van der Waals surface area contributed by atoms with Crippen molar-refractivity contribution >= 4 is 17.8 Å². The summed E-state index contributed by atoms with van der Waals surface area (Å²) in [5.74, 6) is -1.25. The van der Waals surface area contributed by atoms with E-state index in [-0.39, 0.29) is 24.2 Å². The minimum absolute atomic E-state index is 0.0161. The second-order valence-corrected chi connectivity index (χ2v) is 5.94. The normalized spacial score (nSPS) is 25.6. The summed E-state index contributed by atoms with van der Waals surface area (Å²) in [7, 11) is 0. The number of piperidine rings is 1.